The third kappa shape index (κ3) is 3.75. The number of nitrogens with zero attached hydrogens (tertiary/aromatic N) is 1. The molecule has 1 aromatic heterocycles. The van der Waals surface area contributed by atoms with Gasteiger partial charge in [-0.05, 0) is 6.42 Å². The van der Waals surface area contributed by atoms with Crippen LogP contribution in [0.4, 0.5) is 5.69 Å². The Morgan fingerprint density at radius 3 is 3.00 bits per heavy atom. The standard InChI is InChI=1S/C7H13N3O3S/c1-13-3-2-4-14(11,12)10-7-5-8-9-6-7/h5-6,10H,2-4H2,1H3,(H,8,9). The second-order valence-electron chi connectivity index (χ2n) is 2.75. The van der Waals surface area contributed by atoms with Gasteiger partial charge in [-0.3, -0.25) is 9.82 Å². The Bertz CT molecular complexity index is 346. The predicted molar refractivity (Wildman–Crippen MR) is 52.5 cm³/mol. The van der Waals surface area contributed by atoms with E-state index in [2.05, 4.69) is 14.9 Å². The molecule has 0 unspecified atom stereocenters. The number of aromatic amines is 1. The van der Waals surface area contributed by atoms with Crippen molar-refractivity contribution in [1.29, 1.82) is 0 Å². The van der Waals surface area contributed by atoms with Gasteiger partial charge in [-0.15, -0.1) is 0 Å². The molecule has 1 heterocycles. The predicted octanol–water partition coefficient (Wildman–Crippen LogP) is 0.188. The van der Waals surface area contributed by atoms with Crippen molar-refractivity contribution in [3.63, 3.8) is 0 Å². The minimum atomic E-state index is -3.27. The maximum Gasteiger partial charge on any atom is 0.232 e. The SMILES string of the molecule is COCCCS(=O)(=O)Nc1cn[nH]c1. The largest absolute Gasteiger partial charge is 0.385 e. The number of hydrogen-bond acceptors (Lipinski definition) is 4. The summed E-state index contributed by atoms with van der Waals surface area (Å²) in [7, 11) is -1.73. The maximum atomic E-state index is 11.4. The Balaban J connectivity index is 2.42. The van der Waals surface area contributed by atoms with Crippen LogP contribution in [0.2, 0.25) is 0 Å². The highest BCUT2D eigenvalue weighted by Gasteiger charge is 2.09. The number of H-pyrrole nitrogens is 1. The number of nitrogens with one attached hydrogen (secondary N) is 2. The average Bonchev–Trinajstić information content (AvgIpc) is 2.56. The molecule has 2 N–H and O–H groups in total. The summed E-state index contributed by atoms with van der Waals surface area (Å²) >= 11 is 0. The van der Waals surface area contributed by atoms with Gasteiger partial charge in [0, 0.05) is 19.9 Å². The van der Waals surface area contributed by atoms with Crippen LogP contribution in [0.3, 0.4) is 0 Å². The first-order chi connectivity index (χ1) is 6.64. The van der Waals surface area contributed by atoms with E-state index in [-0.39, 0.29) is 5.75 Å². The highest BCUT2D eigenvalue weighted by atomic mass is 32.2. The van der Waals surface area contributed by atoms with Gasteiger partial charge >= 0.3 is 0 Å². The van der Waals surface area contributed by atoms with Crippen molar-refractivity contribution in [2.45, 2.75) is 6.42 Å². The first-order valence-corrected chi connectivity index (χ1v) is 5.77. The van der Waals surface area contributed by atoms with Crippen molar-refractivity contribution in [3.05, 3.63) is 12.4 Å². The quantitative estimate of drug-likeness (QED) is 0.669. The lowest BCUT2D eigenvalue weighted by atomic mass is 10.5. The monoisotopic (exact) mass is 219 g/mol. The van der Waals surface area contributed by atoms with E-state index in [0.29, 0.717) is 18.7 Å². The molecule has 0 aliphatic heterocycles. The fourth-order valence-electron chi connectivity index (χ4n) is 0.931. The van der Waals surface area contributed by atoms with Gasteiger partial charge in [0.1, 0.15) is 0 Å². The molecular weight excluding hydrogens is 206 g/mol. The maximum absolute atomic E-state index is 11.4. The summed E-state index contributed by atoms with van der Waals surface area (Å²) in [6, 6.07) is 0. The summed E-state index contributed by atoms with van der Waals surface area (Å²) in [5.41, 5.74) is 0.447. The van der Waals surface area contributed by atoms with Gasteiger partial charge in [0.2, 0.25) is 10.0 Å². The molecule has 1 aromatic rings. The van der Waals surface area contributed by atoms with Crippen LogP contribution < -0.4 is 4.72 Å². The van der Waals surface area contributed by atoms with Crippen molar-refractivity contribution in [1.82, 2.24) is 10.2 Å². The molecule has 6 nitrogen and oxygen atoms in total. The zero-order valence-corrected chi connectivity index (χ0v) is 8.67. The number of methoxy groups -OCH3 is 1. The molecule has 0 bridgehead atoms. The van der Waals surface area contributed by atoms with Crippen LogP contribution in [0.25, 0.3) is 0 Å². The lowest BCUT2D eigenvalue weighted by Gasteiger charge is -2.04. The van der Waals surface area contributed by atoms with E-state index in [1.165, 1.54) is 19.5 Å². The van der Waals surface area contributed by atoms with Crippen molar-refractivity contribution < 1.29 is 13.2 Å². The van der Waals surface area contributed by atoms with Crippen LogP contribution in [-0.4, -0.2) is 38.1 Å². The number of anilines is 1. The molecule has 0 atom stereocenters. The third-order valence-corrected chi connectivity index (χ3v) is 2.91. The zero-order chi connectivity index (χ0) is 10.4. The van der Waals surface area contributed by atoms with Crippen LogP contribution in [0.5, 0.6) is 0 Å². The van der Waals surface area contributed by atoms with Crippen LogP contribution >= 0.6 is 0 Å². The lowest BCUT2D eigenvalue weighted by Crippen LogP contribution is -2.17. The van der Waals surface area contributed by atoms with Gasteiger partial charge in [0.15, 0.2) is 0 Å². The third-order valence-electron chi connectivity index (χ3n) is 1.53. The van der Waals surface area contributed by atoms with Crippen molar-refractivity contribution in [2.75, 3.05) is 24.2 Å². The van der Waals surface area contributed by atoms with E-state index in [4.69, 9.17) is 4.74 Å². The van der Waals surface area contributed by atoms with Crippen molar-refractivity contribution in [3.8, 4) is 0 Å². The molecule has 1 rings (SSSR count). The summed E-state index contributed by atoms with van der Waals surface area (Å²) in [4.78, 5) is 0. The van der Waals surface area contributed by atoms with Crippen LogP contribution in [-0.2, 0) is 14.8 Å². The van der Waals surface area contributed by atoms with E-state index >= 15 is 0 Å². The summed E-state index contributed by atoms with van der Waals surface area (Å²) in [6.45, 7) is 0.437. The summed E-state index contributed by atoms with van der Waals surface area (Å²) in [5.74, 6) is 0.0476. The molecule has 0 aliphatic carbocycles. The van der Waals surface area contributed by atoms with Crippen LogP contribution in [0.15, 0.2) is 12.4 Å². The highest BCUT2D eigenvalue weighted by molar-refractivity contribution is 7.92. The van der Waals surface area contributed by atoms with E-state index in [1.54, 1.807) is 0 Å². The highest BCUT2D eigenvalue weighted by Crippen LogP contribution is 2.05. The van der Waals surface area contributed by atoms with Crippen LogP contribution in [0, 0.1) is 0 Å². The molecule has 0 radical (unpaired) electrons. The minimum absolute atomic E-state index is 0.0476. The summed E-state index contributed by atoms with van der Waals surface area (Å²) in [5, 5.41) is 6.14. The van der Waals surface area contributed by atoms with Gasteiger partial charge in [0.25, 0.3) is 0 Å². The number of aromatic nitrogens is 2. The number of ether oxygens (including phenoxy) is 1. The van der Waals surface area contributed by atoms with E-state index in [1.807, 2.05) is 0 Å². The second kappa shape index (κ2) is 4.97. The van der Waals surface area contributed by atoms with E-state index in [0.717, 1.165) is 0 Å². The summed E-state index contributed by atoms with van der Waals surface area (Å²) in [6.07, 6.45) is 3.37. The molecule has 0 saturated carbocycles. The fourth-order valence-corrected chi connectivity index (χ4v) is 2.00. The average molecular weight is 219 g/mol. The Labute approximate surface area is 82.7 Å². The lowest BCUT2D eigenvalue weighted by molar-refractivity contribution is 0.199. The van der Waals surface area contributed by atoms with Gasteiger partial charge in [-0.25, -0.2) is 8.42 Å². The molecule has 0 fully saturated rings. The Morgan fingerprint density at radius 1 is 1.64 bits per heavy atom. The van der Waals surface area contributed by atoms with E-state index < -0.39 is 10.0 Å². The summed E-state index contributed by atoms with van der Waals surface area (Å²) < 4.78 is 29.9. The molecule has 14 heavy (non-hydrogen) atoms. The van der Waals surface area contributed by atoms with Gasteiger partial charge in [-0.1, -0.05) is 0 Å². The molecule has 0 spiro atoms. The number of rotatable bonds is 6. The molecule has 0 aliphatic rings. The molecule has 80 valence electrons. The van der Waals surface area contributed by atoms with Crippen molar-refractivity contribution in [2.24, 2.45) is 0 Å². The zero-order valence-electron chi connectivity index (χ0n) is 7.86. The first-order valence-electron chi connectivity index (χ1n) is 4.12. The molecule has 0 amide bonds. The topological polar surface area (TPSA) is 84.1 Å². The normalized spacial score (nSPS) is 11.5. The van der Waals surface area contributed by atoms with Crippen LogP contribution in [0.1, 0.15) is 6.42 Å². The second-order valence-corrected chi connectivity index (χ2v) is 4.60. The Kier molecular flexibility index (Phi) is 3.90. The molecule has 0 saturated heterocycles. The van der Waals surface area contributed by atoms with Gasteiger partial charge < -0.3 is 4.74 Å². The fraction of sp³-hybridized carbons (Fsp3) is 0.571. The number of sulfonamides is 1. The molecular formula is C7H13N3O3S. The van der Waals surface area contributed by atoms with Crippen molar-refractivity contribution >= 4 is 15.7 Å². The van der Waals surface area contributed by atoms with Gasteiger partial charge in [-0.2, -0.15) is 5.10 Å². The molecule has 7 heteroatoms. The smallest absolute Gasteiger partial charge is 0.232 e. The minimum Gasteiger partial charge on any atom is -0.385 e. The Morgan fingerprint density at radius 2 is 2.43 bits per heavy atom. The first kappa shape index (κ1) is 11.0. The van der Waals surface area contributed by atoms with Gasteiger partial charge in [0.05, 0.1) is 17.6 Å². The number of hydrogen-bond donors (Lipinski definition) is 2. The molecule has 0 aromatic carbocycles. The Hall–Kier alpha value is -1.08. The van der Waals surface area contributed by atoms with E-state index in [9.17, 15) is 8.42 Å².